The van der Waals surface area contributed by atoms with Gasteiger partial charge in [-0.05, 0) is 36.8 Å². The van der Waals surface area contributed by atoms with Gasteiger partial charge in [0.15, 0.2) is 0 Å². The molecule has 0 aliphatic carbocycles. The van der Waals surface area contributed by atoms with E-state index in [0.717, 1.165) is 11.3 Å². The molecule has 0 unspecified atom stereocenters. The highest BCUT2D eigenvalue weighted by Crippen LogP contribution is 2.12. The van der Waals surface area contributed by atoms with Crippen molar-refractivity contribution in [2.75, 3.05) is 13.2 Å². The maximum atomic E-state index is 11.8. The molecule has 122 valence electrons. The molecule has 0 aliphatic rings. The average Bonchev–Trinajstić information content (AvgIpc) is 3.06. The van der Waals surface area contributed by atoms with Gasteiger partial charge in [-0.15, -0.1) is 0 Å². The summed E-state index contributed by atoms with van der Waals surface area (Å²) in [5, 5.41) is 5.25. The van der Waals surface area contributed by atoms with Gasteiger partial charge in [-0.2, -0.15) is 0 Å². The van der Waals surface area contributed by atoms with Crippen LogP contribution in [0.15, 0.2) is 47.1 Å². The van der Waals surface area contributed by atoms with Crippen LogP contribution < -0.4 is 15.4 Å². The highest BCUT2D eigenvalue weighted by molar-refractivity contribution is 5.85. The van der Waals surface area contributed by atoms with E-state index < -0.39 is 0 Å². The van der Waals surface area contributed by atoms with Gasteiger partial charge in [0, 0.05) is 0 Å². The van der Waals surface area contributed by atoms with E-state index in [0.29, 0.717) is 18.9 Å². The predicted molar refractivity (Wildman–Crippen MR) is 84.9 cm³/mol. The smallest absolute Gasteiger partial charge is 0.239 e. The van der Waals surface area contributed by atoms with Crippen LogP contribution in [0.2, 0.25) is 0 Å². The quantitative estimate of drug-likeness (QED) is 0.776. The lowest BCUT2D eigenvalue weighted by molar-refractivity contribution is -0.125. The molecule has 2 N–H and O–H groups in total. The van der Waals surface area contributed by atoms with E-state index in [4.69, 9.17) is 9.15 Å². The molecule has 0 aliphatic heterocycles. The van der Waals surface area contributed by atoms with Crippen LogP contribution in [0.5, 0.6) is 5.75 Å². The summed E-state index contributed by atoms with van der Waals surface area (Å²) < 4.78 is 10.4. The van der Waals surface area contributed by atoms with Gasteiger partial charge in [0.2, 0.25) is 11.8 Å². The third-order valence-electron chi connectivity index (χ3n) is 3.09. The molecule has 0 bridgehead atoms. The number of rotatable bonds is 8. The second-order valence-electron chi connectivity index (χ2n) is 4.89. The first-order valence-electron chi connectivity index (χ1n) is 7.45. The zero-order valence-electron chi connectivity index (χ0n) is 13.0. The Morgan fingerprint density at radius 2 is 1.87 bits per heavy atom. The van der Waals surface area contributed by atoms with Gasteiger partial charge in [-0.3, -0.25) is 9.59 Å². The van der Waals surface area contributed by atoms with Crippen LogP contribution >= 0.6 is 0 Å². The summed E-state index contributed by atoms with van der Waals surface area (Å²) in [6, 6.07) is 10.8. The summed E-state index contributed by atoms with van der Waals surface area (Å²) >= 11 is 0. The van der Waals surface area contributed by atoms with E-state index in [1.54, 1.807) is 18.4 Å². The van der Waals surface area contributed by atoms with Crippen LogP contribution in [0.3, 0.4) is 0 Å². The topological polar surface area (TPSA) is 80.6 Å². The monoisotopic (exact) mass is 316 g/mol. The summed E-state index contributed by atoms with van der Waals surface area (Å²) in [6.45, 7) is 2.77. The lowest BCUT2D eigenvalue weighted by Crippen LogP contribution is -2.37. The molecule has 1 aromatic carbocycles. The van der Waals surface area contributed by atoms with Crippen molar-refractivity contribution in [2.24, 2.45) is 0 Å². The van der Waals surface area contributed by atoms with Crippen LogP contribution in [-0.2, 0) is 22.6 Å². The summed E-state index contributed by atoms with van der Waals surface area (Å²) in [7, 11) is 0. The molecule has 23 heavy (non-hydrogen) atoms. The third kappa shape index (κ3) is 5.86. The van der Waals surface area contributed by atoms with Crippen LogP contribution in [0.4, 0.5) is 0 Å². The van der Waals surface area contributed by atoms with Crippen molar-refractivity contribution in [1.29, 1.82) is 0 Å². The van der Waals surface area contributed by atoms with Crippen LogP contribution in [0, 0.1) is 0 Å². The predicted octanol–water partition coefficient (Wildman–Crippen LogP) is 1.65. The Hall–Kier alpha value is -2.76. The van der Waals surface area contributed by atoms with E-state index >= 15 is 0 Å². The Morgan fingerprint density at radius 3 is 2.52 bits per heavy atom. The van der Waals surface area contributed by atoms with Gasteiger partial charge in [0.25, 0.3) is 0 Å². The minimum Gasteiger partial charge on any atom is -0.494 e. The lowest BCUT2D eigenvalue weighted by atomic mass is 10.1. The Balaban J connectivity index is 1.68. The maximum absolute atomic E-state index is 11.8. The van der Waals surface area contributed by atoms with E-state index in [1.807, 2.05) is 31.2 Å². The largest absolute Gasteiger partial charge is 0.494 e. The normalized spacial score (nSPS) is 10.1. The minimum absolute atomic E-state index is 0.0590. The number of hydrogen-bond acceptors (Lipinski definition) is 4. The average molecular weight is 316 g/mol. The molecule has 1 aromatic heterocycles. The number of ether oxygens (including phenoxy) is 1. The van der Waals surface area contributed by atoms with Gasteiger partial charge in [-0.25, -0.2) is 0 Å². The molecule has 6 nitrogen and oxygen atoms in total. The van der Waals surface area contributed by atoms with Crippen molar-refractivity contribution < 1.29 is 18.7 Å². The summed E-state index contributed by atoms with van der Waals surface area (Å²) in [5.74, 6) is 0.969. The summed E-state index contributed by atoms with van der Waals surface area (Å²) in [5.41, 5.74) is 0.863. The second-order valence-corrected chi connectivity index (χ2v) is 4.89. The first-order valence-corrected chi connectivity index (χ1v) is 7.45. The lowest BCUT2D eigenvalue weighted by Gasteiger charge is -2.07. The molecule has 2 rings (SSSR count). The molecule has 0 atom stereocenters. The van der Waals surface area contributed by atoms with Crippen molar-refractivity contribution >= 4 is 11.8 Å². The number of hydrogen-bond donors (Lipinski definition) is 2. The number of benzene rings is 1. The summed E-state index contributed by atoms with van der Waals surface area (Å²) in [4.78, 5) is 23.4. The molecule has 2 aromatic rings. The molecule has 0 saturated heterocycles. The van der Waals surface area contributed by atoms with E-state index in [2.05, 4.69) is 10.6 Å². The van der Waals surface area contributed by atoms with Gasteiger partial charge in [0.1, 0.15) is 11.5 Å². The van der Waals surface area contributed by atoms with Crippen LogP contribution in [0.1, 0.15) is 18.2 Å². The van der Waals surface area contributed by atoms with E-state index in [1.165, 1.54) is 0 Å². The van der Waals surface area contributed by atoms with E-state index in [9.17, 15) is 9.59 Å². The van der Waals surface area contributed by atoms with Gasteiger partial charge in [0.05, 0.1) is 32.4 Å². The highest BCUT2D eigenvalue weighted by atomic mass is 16.5. The molecule has 0 radical (unpaired) electrons. The zero-order chi connectivity index (χ0) is 16.5. The van der Waals surface area contributed by atoms with Gasteiger partial charge >= 0.3 is 0 Å². The second kappa shape index (κ2) is 8.63. The van der Waals surface area contributed by atoms with E-state index in [-0.39, 0.29) is 24.8 Å². The number of nitrogens with one attached hydrogen (secondary N) is 2. The zero-order valence-corrected chi connectivity index (χ0v) is 13.0. The number of amides is 2. The Kier molecular flexibility index (Phi) is 6.23. The Labute approximate surface area is 134 Å². The molecule has 2 amide bonds. The molecular weight excluding hydrogens is 296 g/mol. The van der Waals surface area contributed by atoms with Crippen LogP contribution in [-0.4, -0.2) is 25.0 Å². The third-order valence-corrected chi connectivity index (χ3v) is 3.09. The number of furan rings is 1. The number of carbonyl (C=O) groups excluding carboxylic acids is 2. The minimum atomic E-state index is -0.263. The first-order chi connectivity index (χ1) is 11.2. The standard InChI is InChI=1S/C17H20N2O4/c1-2-22-14-7-5-13(6-8-14)10-16(20)19-12-17(21)18-11-15-4-3-9-23-15/h3-9H,2,10-12H2,1H3,(H,18,21)(H,19,20). The molecular formula is C17H20N2O4. The fourth-order valence-corrected chi connectivity index (χ4v) is 1.96. The van der Waals surface area contributed by atoms with Crippen molar-refractivity contribution in [3.63, 3.8) is 0 Å². The molecule has 0 spiro atoms. The molecule has 1 heterocycles. The van der Waals surface area contributed by atoms with Crippen molar-refractivity contribution in [2.45, 2.75) is 19.9 Å². The maximum Gasteiger partial charge on any atom is 0.239 e. The summed E-state index contributed by atoms with van der Waals surface area (Å²) in [6.07, 6.45) is 1.76. The SMILES string of the molecule is CCOc1ccc(CC(=O)NCC(=O)NCc2ccco2)cc1. The van der Waals surface area contributed by atoms with Gasteiger partial charge in [-0.1, -0.05) is 12.1 Å². The first kappa shape index (κ1) is 16.6. The molecule has 0 saturated carbocycles. The van der Waals surface area contributed by atoms with Gasteiger partial charge < -0.3 is 19.8 Å². The van der Waals surface area contributed by atoms with Crippen LogP contribution in [0.25, 0.3) is 0 Å². The Morgan fingerprint density at radius 1 is 1.09 bits per heavy atom. The fourth-order valence-electron chi connectivity index (χ4n) is 1.96. The fraction of sp³-hybridized carbons (Fsp3) is 0.294. The number of carbonyl (C=O) groups is 2. The Bertz CT molecular complexity index is 621. The van der Waals surface area contributed by atoms with Crippen molar-refractivity contribution in [3.05, 3.63) is 54.0 Å². The molecule has 0 fully saturated rings. The van der Waals surface area contributed by atoms with Crippen molar-refractivity contribution in [3.8, 4) is 5.75 Å². The highest BCUT2D eigenvalue weighted by Gasteiger charge is 2.07. The molecule has 6 heteroatoms. The van der Waals surface area contributed by atoms with Crippen molar-refractivity contribution in [1.82, 2.24) is 10.6 Å².